The van der Waals surface area contributed by atoms with Gasteiger partial charge in [0.2, 0.25) is 0 Å². The van der Waals surface area contributed by atoms with E-state index in [-0.39, 0.29) is 0 Å². The van der Waals surface area contributed by atoms with Gasteiger partial charge >= 0.3 is 0 Å². The summed E-state index contributed by atoms with van der Waals surface area (Å²) in [6.07, 6.45) is 6.31. The number of carbonyl (C=O) groups excluding carboxylic acids is 1. The molecule has 124 valence electrons. The monoisotopic (exact) mass is 312 g/mol. The number of para-hydroxylation sites is 1. The molecule has 2 fully saturated rings. The largest absolute Gasteiger partial charge is 0.545 e. The van der Waals surface area contributed by atoms with Crippen LogP contribution >= 0.6 is 0 Å². The topological polar surface area (TPSA) is 52.2 Å². The Morgan fingerprint density at radius 1 is 1.26 bits per heavy atom. The van der Waals surface area contributed by atoms with Gasteiger partial charge in [-0.2, -0.15) is 0 Å². The molecule has 2 bridgehead atoms. The van der Waals surface area contributed by atoms with E-state index in [1.165, 1.54) is 24.8 Å². The van der Waals surface area contributed by atoms with Gasteiger partial charge < -0.3 is 15.2 Å². The van der Waals surface area contributed by atoms with E-state index in [1.54, 1.807) is 6.07 Å². The van der Waals surface area contributed by atoms with Crippen molar-refractivity contribution in [2.24, 2.45) is 23.7 Å². The molecule has 0 unspecified atom stereocenters. The number of fused-ring (bicyclic) bond motifs is 7. The second kappa shape index (κ2) is 5.54. The second-order valence-electron chi connectivity index (χ2n) is 7.74. The molecule has 2 aliphatic carbocycles. The Morgan fingerprint density at radius 2 is 2.00 bits per heavy atom. The lowest BCUT2D eigenvalue weighted by atomic mass is 9.65. The fourth-order valence-corrected chi connectivity index (χ4v) is 5.98. The molecule has 1 aromatic carbocycles. The Bertz CT molecular complexity index is 622. The highest BCUT2D eigenvalue weighted by molar-refractivity contribution is 5.94. The summed E-state index contributed by atoms with van der Waals surface area (Å²) in [7, 11) is 0. The summed E-state index contributed by atoms with van der Waals surface area (Å²) in [6, 6.07) is 6.15. The Kier molecular flexibility index (Phi) is 3.62. The minimum atomic E-state index is -1.06. The van der Waals surface area contributed by atoms with Crippen molar-refractivity contribution in [1.29, 1.82) is 0 Å². The first-order valence-corrected chi connectivity index (χ1v) is 9.26. The highest BCUT2D eigenvalue weighted by Gasteiger charge is 2.54. The summed E-state index contributed by atoms with van der Waals surface area (Å²) in [4.78, 5) is 11.6. The van der Waals surface area contributed by atoms with E-state index in [2.05, 4.69) is 25.2 Å². The molecule has 3 aliphatic rings. The molecule has 0 amide bonds. The number of hydrogen-bond donors (Lipinski definition) is 1. The molecule has 2 saturated carbocycles. The highest BCUT2D eigenvalue weighted by atomic mass is 16.4. The van der Waals surface area contributed by atoms with Crippen LogP contribution in [0.25, 0.3) is 0 Å². The lowest BCUT2D eigenvalue weighted by molar-refractivity contribution is -0.254. The van der Waals surface area contributed by atoms with Crippen molar-refractivity contribution in [1.82, 2.24) is 0 Å². The number of aromatic carboxylic acids is 1. The van der Waals surface area contributed by atoms with E-state index in [4.69, 9.17) is 0 Å². The minimum absolute atomic E-state index is 0.347. The average molecular weight is 312 g/mol. The Balaban J connectivity index is 1.83. The van der Waals surface area contributed by atoms with Gasteiger partial charge in [-0.05, 0) is 54.4 Å². The van der Waals surface area contributed by atoms with Gasteiger partial charge in [-0.1, -0.05) is 44.9 Å². The lowest BCUT2D eigenvalue weighted by Crippen LogP contribution is -2.46. The number of rotatable bonds is 4. The molecule has 0 spiro atoms. The number of anilines is 1. The summed E-state index contributed by atoms with van der Waals surface area (Å²) in [5.41, 5.74) is 2.45. The van der Waals surface area contributed by atoms with Crippen molar-refractivity contribution in [2.75, 3.05) is 5.32 Å². The van der Waals surface area contributed by atoms with Crippen molar-refractivity contribution in [3.05, 3.63) is 29.3 Å². The molecule has 5 atom stereocenters. The number of nitrogens with one attached hydrogen (secondary N) is 1. The quantitative estimate of drug-likeness (QED) is 0.927. The maximum atomic E-state index is 11.6. The number of benzene rings is 1. The molecule has 0 saturated heterocycles. The number of carboxylic acids is 1. The molecule has 1 aromatic rings. The van der Waals surface area contributed by atoms with Crippen LogP contribution in [0.5, 0.6) is 0 Å². The van der Waals surface area contributed by atoms with Crippen molar-refractivity contribution in [3.63, 3.8) is 0 Å². The Labute approximate surface area is 138 Å². The molecular formula is C20H26NO2-. The minimum Gasteiger partial charge on any atom is -0.545 e. The number of carbonyl (C=O) groups is 1. The third-order valence-corrected chi connectivity index (χ3v) is 6.94. The molecule has 3 heteroatoms. The third-order valence-electron chi connectivity index (χ3n) is 6.94. The molecule has 1 N–H and O–H groups in total. The maximum absolute atomic E-state index is 11.6. The number of carboxylic acid groups (broad SMARTS) is 1. The fourth-order valence-electron chi connectivity index (χ4n) is 5.98. The van der Waals surface area contributed by atoms with Crippen LogP contribution in [0.2, 0.25) is 0 Å². The summed E-state index contributed by atoms with van der Waals surface area (Å²) < 4.78 is 0. The molecule has 3 nitrogen and oxygen atoms in total. The Hall–Kier alpha value is -1.51. The third kappa shape index (κ3) is 2.12. The summed E-state index contributed by atoms with van der Waals surface area (Å²) >= 11 is 0. The van der Waals surface area contributed by atoms with Gasteiger partial charge in [0.15, 0.2) is 0 Å². The van der Waals surface area contributed by atoms with Crippen molar-refractivity contribution in [2.45, 2.75) is 57.9 Å². The van der Waals surface area contributed by atoms with Gasteiger partial charge in [0.25, 0.3) is 0 Å². The van der Waals surface area contributed by atoms with Crippen LogP contribution in [0, 0.1) is 23.7 Å². The first-order chi connectivity index (χ1) is 11.2. The van der Waals surface area contributed by atoms with Crippen LogP contribution in [-0.2, 0) is 0 Å². The van der Waals surface area contributed by atoms with Crippen molar-refractivity contribution >= 4 is 11.7 Å². The molecule has 23 heavy (non-hydrogen) atoms. The van der Waals surface area contributed by atoms with Crippen LogP contribution in [0.4, 0.5) is 5.69 Å². The van der Waals surface area contributed by atoms with E-state index in [0.29, 0.717) is 29.4 Å². The zero-order valence-electron chi connectivity index (χ0n) is 14.0. The zero-order chi connectivity index (χ0) is 16.1. The van der Waals surface area contributed by atoms with Gasteiger partial charge in [-0.25, -0.2) is 0 Å². The SMILES string of the molecule is CCC(CC)[C@H]1Nc2c(C(=O)[O-])cccc2[C@H]2[C@H]3CC[C@@H](C3)[C@@H]21. The van der Waals surface area contributed by atoms with Crippen LogP contribution in [0.1, 0.15) is 67.8 Å². The van der Waals surface area contributed by atoms with Crippen LogP contribution in [0.3, 0.4) is 0 Å². The van der Waals surface area contributed by atoms with Gasteiger partial charge in [0, 0.05) is 17.3 Å². The molecule has 0 aromatic heterocycles. The lowest BCUT2D eigenvalue weighted by Gasteiger charge is -2.46. The first kappa shape index (κ1) is 15.0. The highest BCUT2D eigenvalue weighted by Crippen LogP contribution is 2.62. The summed E-state index contributed by atoms with van der Waals surface area (Å²) in [6.45, 7) is 4.52. The summed E-state index contributed by atoms with van der Waals surface area (Å²) in [5, 5.41) is 15.3. The van der Waals surface area contributed by atoms with E-state index in [9.17, 15) is 9.90 Å². The summed E-state index contributed by atoms with van der Waals surface area (Å²) in [5.74, 6) is 2.37. The Morgan fingerprint density at radius 3 is 2.70 bits per heavy atom. The van der Waals surface area contributed by atoms with Crippen molar-refractivity contribution in [3.8, 4) is 0 Å². The molecule has 4 rings (SSSR count). The predicted octanol–water partition coefficient (Wildman–Crippen LogP) is 3.41. The van der Waals surface area contributed by atoms with Crippen LogP contribution in [0.15, 0.2) is 18.2 Å². The normalized spacial score (nSPS) is 34.1. The van der Waals surface area contributed by atoms with E-state index >= 15 is 0 Å². The predicted molar refractivity (Wildman–Crippen MR) is 89.3 cm³/mol. The van der Waals surface area contributed by atoms with Crippen molar-refractivity contribution < 1.29 is 9.90 Å². The van der Waals surface area contributed by atoms with Gasteiger partial charge in [-0.15, -0.1) is 0 Å². The molecule has 1 heterocycles. The number of hydrogen-bond acceptors (Lipinski definition) is 3. The van der Waals surface area contributed by atoms with Crippen LogP contribution < -0.4 is 10.4 Å². The average Bonchev–Trinajstić information content (AvgIpc) is 3.17. The smallest absolute Gasteiger partial charge is 0.0736 e. The van der Waals surface area contributed by atoms with Gasteiger partial charge in [0.1, 0.15) is 0 Å². The van der Waals surface area contributed by atoms with Crippen LogP contribution in [-0.4, -0.2) is 12.0 Å². The first-order valence-electron chi connectivity index (χ1n) is 9.26. The second-order valence-corrected chi connectivity index (χ2v) is 7.74. The zero-order valence-corrected chi connectivity index (χ0v) is 14.0. The molecule has 0 radical (unpaired) electrons. The molecule has 1 aliphatic heterocycles. The van der Waals surface area contributed by atoms with E-state index < -0.39 is 5.97 Å². The maximum Gasteiger partial charge on any atom is 0.0736 e. The van der Waals surface area contributed by atoms with Gasteiger partial charge in [-0.3, -0.25) is 0 Å². The fraction of sp³-hybridized carbons (Fsp3) is 0.650. The van der Waals surface area contributed by atoms with Gasteiger partial charge in [0.05, 0.1) is 5.97 Å². The standard InChI is InChI=1S/C20H27NO2/c1-3-11(4-2)18-17-13-9-8-12(10-13)16(17)14-6-5-7-15(20(22)23)19(14)21-18/h5-7,11-13,16-18,21H,3-4,8-10H2,1-2H3,(H,22,23)/p-1/t12-,13-,16+,17-,18+/m0/s1. The molecular weight excluding hydrogens is 286 g/mol. The van der Waals surface area contributed by atoms with E-state index in [1.807, 2.05) is 6.07 Å². The van der Waals surface area contributed by atoms with E-state index in [0.717, 1.165) is 30.4 Å².